The van der Waals surface area contributed by atoms with Gasteiger partial charge < -0.3 is 25.0 Å². The van der Waals surface area contributed by atoms with Crippen LogP contribution in [0.3, 0.4) is 0 Å². The van der Waals surface area contributed by atoms with E-state index in [4.69, 9.17) is 4.74 Å². The molecule has 1 saturated carbocycles. The van der Waals surface area contributed by atoms with E-state index in [1.807, 2.05) is 0 Å². The predicted molar refractivity (Wildman–Crippen MR) is 114 cm³/mol. The fourth-order valence-electron chi connectivity index (χ4n) is 5.33. The molecule has 8 nitrogen and oxygen atoms in total. The summed E-state index contributed by atoms with van der Waals surface area (Å²) in [5, 5.41) is 12.7. The number of aromatic nitrogens is 1. The second kappa shape index (κ2) is 8.41. The summed E-state index contributed by atoms with van der Waals surface area (Å²) in [5.41, 5.74) is 0.246. The van der Waals surface area contributed by atoms with Gasteiger partial charge in [0.1, 0.15) is 0 Å². The highest BCUT2D eigenvalue weighted by Crippen LogP contribution is 2.44. The first-order valence-electron chi connectivity index (χ1n) is 11.0. The number of nitrogens with one attached hydrogen (secondary N) is 1. The molecule has 1 spiro atoms. The van der Waals surface area contributed by atoms with Crippen molar-refractivity contribution in [1.82, 2.24) is 9.88 Å². The Kier molecular flexibility index (Phi) is 5.86. The van der Waals surface area contributed by atoms with Gasteiger partial charge in [-0.1, -0.05) is 0 Å². The Morgan fingerprint density at radius 2 is 2.00 bits per heavy atom. The average molecular weight is 417 g/mol. The summed E-state index contributed by atoms with van der Waals surface area (Å²) in [4.78, 5) is 34.0. The number of hydrogen-bond donors (Lipinski definition) is 2. The molecule has 2 N–H and O–H groups in total. The van der Waals surface area contributed by atoms with Crippen molar-refractivity contribution in [1.29, 1.82) is 0 Å². The fraction of sp³-hybridized carbons (Fsp3) is 0.682. The number of hydrogen-bond acceptors (Lipinski definition) is 6. The summed E-state index contributed by atoms with van der Waals surface area (Å²) in [6, 6.07) is 3.79. The molecular weight excluding hydrogens is 384 g/mol. The number of rotatable bonds is 4. The quantitative estimate of drug-likeness (QED) is 0.781. The summed E-state index contributed by atoms with van der Waals surface area (Å²) in [7, 11) is 1.57. The number of carbonyl (C=O) groups excluding carboxylic acids is 2. The molecule has 1 aliphatic carbocycles. The molecule has 2 aliphatic heterocycles. The number of likely N-dealkylation sites (tertiary alicyclic amines) is 1. The maximum absolute atomic E-state index is 13.5. The molecule has 4 rings (SSSR count). The van der Waals surface area contributed by atoms with Crippen molar-refractivity contribution in [3.8, 4) is 5.88 Å². The minimum Gasteiger partial charge on any atom is -0.481 e. The summed E-state index contributed by atoms with van der Waals surface area (Å²) < 4.78 is 5.30. The summed E-state index contributed by atoms with van der Waals surface area (Å²) in [6.45, 7) is 3.66. The van der Waals surface area contributed by atoms with Crippen LogP contribution >= 0.6 is 0 Å². The molecule has 0 radical (unpaired) electrons. The zero-order chi connectivity index (χ0) is 21.3. The van der Waals surface area contributed by atoms with Gasteiger partial charge in [0.05, 0.1) is 24.3 Å². The van der Waals surface area contributed by atoms with Gasteiger partial charge in [0.15, 0.2) is 5.82 Å². The first-order chi connectivity index (χ1) is 14.4. The van der Waals surface area contributed by atoms with E-state index in [1.54, 1.807) is 19.2 Å². The number of piperidine rings is 1. The standard InChI is InChI=1S/C22H32N4O4/c1-15(27)23-18-8-9-19(30-2)24-20(18)25-12-3-10-22(14-25)11-13-26(21(22)29)16-4-6-17(28)7-5-16/h8-9,16-17,28H,3-7,10-14H2,1-2H3,(H,23,27)/t16?,17?,22-/m1/s1. The topological polar surface area (TPSA) is 95.0 Å². The SMILES string of the molecule is COc1ccc(NC(C)=O)c(N2CCC[C@@]3(CCN(C4CCC(O)CC4)C3=O)C2)n1. The normalized spacial score (nSPS) is 29.4. The molecule has 3 fully saturated rings. The van der Waals surface area contributed by atoms with Crippen LogP contribution in [0.25, 0.3) is 0 Å². The van der Waals surface area contributed by atoms with Gasteiger partial charge in [-0.3, -0.25) is 9.59 Å². The third kappa shape index (κ3) is 3.97. The maximum Gasteiger partial charge on any atom is 0.230 e. The molecule has 0 aromatic carbocycles. The van der Waals surface area contributed by atoms with Crippen molar-refractivity contribution >= 4 is 23.3 Å². The van der Waals surface area contributed by atoms with Gasteiger partial charge >= 0.3 is 0 Å². The van der Waals surface area contributed by atoms with Crippen LogP contribution in [0.1, 0.15) is 51.9 Å². The number of carbonyl (C=O) groups is 2. The zero-order valence-electron chi connectivity index (χ0n) is 17.9. The number of ether oxygens (including phenoxy) is 1. The van der Waals surface area contributed by atoms with E-state index in [0.29, 0.717) is 23.9 Å². The largest absolute Gasteiger partial charge is 0.481 e. The molecular formula is C22H32N4O4. The smallest absolute Gasteiger partial charge is 0.230 e. The molecule has 8 heteroatoms. The molecule has 1 atom stereocenters. The summed E-state index contributed by atoms with van der Waals surface area (Å²) >= 11 is 0. The fourth-order valence-corrected chi connectivity index (χ4v) is 5.33. The van der Waals surface area contributed by atoms with E-state index in [9.17, 15) is 14.7 Å². The first-order valence-corrected chi connectivity index (χ1v) is 11.0. The predicted octanol–water partition coefficient (Wildman–Crippen LogP) is 2.17. The highest BCUT2D eigenvalue weighted by atomic mass is 16.5. The van der Waals surface area contributed by atoms with Crippen molar-refractivity contribution in [3.63, 3.8) is 0 Å². The first kappa shape index (κ1) is 20.9. The molecule has 3 heterocycles. The van der Waals surface area contributed by atoms with Gasteiger partial charge in [-0.15, -0.1) is 0 Å². The van der Waals surface area contributed by atoms with E-state index < -0.39 is 5.41 Å². The monoisotopic (exact) mass is 416 g/mol. The van der Waals surface area contributed by atoms with Crippen LogP contribution in [0.15, 0.2) is 12.1 Å². The molecule has 0 bridgehead atoms. The lowest BCUT2D eigenvalue weighted by molar-refractivity contribution is -0.139. The number of pyridine rings is 1. The number of anilines is 2. The van der Waals surface area contributed by atoms with Gasteiger partial charge in [0.2, 0.25) is 17.7 Å². The van der Waals surface area contributed by atoms with Crippen molar-refractivity contribution in [2.45, 2.75) is 64.0 Å². The van der Waals surface area contributed by atoms with E-state index in [-0.39, 0.29) is 24.0 Å². The molecule has 30 heavy (non-hydrogen) atoms. The minimum atomic E-state index is -0.396. The van der Waals surface area contributed by atoms with E-state index in [1.165, 1.54) is 6.92 Å². The van der Waals surface area contributed by atoms with Crippen LogP contribution < -0.4 is 15.0 Å². The number of aliphatic hydroxyl groups is 1. The van der Waals surface area contributed by atoms with E-state index in [0.717, 1.165) is 58.0 Å². The summed E-state index contributed by atoms with van der Waals surface area (Å²) in [5.74, 6) is 1.24. The average Bonchev–Trinajstić information content (AvgIpc) is 3.04. The Bertz CT molecular complexity index is 808. The van der Waals surface area contributed by atoms with Crippen molar-refractivity contribution in [2.24, 2.45) is 5.41 Å². The number of nitrogens with zero attached hydrogens (tertiary/aromatic N) is 3. The van der Waals surface area contributed by atoms with Gasteiger partial charge in [0.25, 0.3) is 0 Å². The van der Waals surface area contributed by atoms with Gasteiger partial charge in [0, 0.05) is 38.7 Å². The van der Waals surface area contributed by atoms with E-state index >= 15 is 0 Å². The van der Waals surface area contributed by atoms with Crippen LogP contribution in [-0.2, 0) is 9.59 Å². The third-order valence-electron chi connectivity index (χ3n) is 6.90. The lowest BCUT2D eigenvalue weighted by atomic mass is 9.78. The van der Waals surface area contributed by atoms with Crippen LogP contribution in [0.2, 0.25) is 0 Å². The second-order valence-electron chi connectivity index (χ2n) is 8.92. The van der Waals surface area contributed by atoms with Crippen molar-refractivity contribution in [3.05, 3.63) is 12.1 Å². The minimum absolute atomic E-state index is 0.155. The van der Waals surface area contributed by atoms with Gasteiger partial charge in [-0.2, -0.15) is 4.98 Å². The lowest BCUT2D eigenvalue weighted by Gasteiger charge is -2.41. The van der Waals surface area contributed by atoms with Crippen LogP contribution in [0, 0.1) is 5.41 Å². The van der Waals surface area contributed by atoms with Crippen LogP contribution in [0.5, 0.6) is 5.88 Å². The highest BCUT2D eigenvalue weighted by Gasteiger charge is 2.51. The van der Waals surface area contributed by atoms with Crippen molar-refractivity contribution < 1.29 is 19.4 Å². The van der Waals surface area contributed by atoms with Gasteiger partial charge in [-0.05, 0) is 51.0 Å². The molecule has 3 aliphatic rings. The number of aliphatic hydroxyl groups excluding tert-OH is 1. The van der Waals surface area contributed by atoms with Crippen LogP contribution in [0.4, 0.5) is 11.5 Å². The Hall–Kier alpha value is -2.35. The molecule has 2 amide bonds. The summed E-state index contributed by atoms with van der Waals surface area (Å²) in [6.07, 6.45) is 5.75. The Labute approximate surface area is 177 Å². The molecule has 0 unspecified atom stereocenters. The Balaban J connectivity index is 1.55. The number of methoxy groups -OCH3 is 1. The lowest BCUT2D eigenvalue weighted by Crippen LogP contribution is -2.50. The molecule has 164 valence electrons. The van der Waals surface area contributed by atoms with E-state index in [2.05, 4.69) is 20.1 Å². The van der Waals surface area contributed by atoms with Crippen molar-refractivity contribution in [2.75, 3.05) is 37.0 Å². The number of amides is 2. The Morgan fingerprint density at radius 1 is 1.23 bits per heavy atom. The van der Waals surface area contributed by atoms with Crippen LogP contribution in [-0.4, -0.2) is 65.7 Å². The highest BCUT2D eigenvalue weighted by molar-refractivity contribution is 5.92. The third-order valence-corrected chi connectivity index (χ3v) is 6.90. The maximum atomic E-state index is 13.5. The zero-order valence-corrected chi connectivity index (χ0v) is 17.9. The van der Waals surface area contributed by atoms with Gasteiger partial charge in [-0.25, -0.2) is 0 Å². The molecule has 1 aromatic rings. The second-order valence-corrected chi connectivity index (χ2v) is 8.92. The Morgan fingerprint density at radius 3 is 2.70 bits per heavy atom. The molecule has 2 saturated heterocycles. The molecule has 1 aromatic heterocycles.